The van der Waals surface area contributed by atoms with Crippen LogP contribution in [0.2, 0.25) is 0 Å². The molecule has 0 spiro atoms. The number of benzene rings is 1. The molecule has 1 N–H and O–H groups in total. The highest BCUT2D eigenvalue weighted by Gasteiger charge is 2.25. The third-order valence-corrected chi connectivity index (χ3v) is 4.01. The van der Waals surface area contributed by atoms with Crippen molar-refractivity contribution in [3.8, 4) is 11.3 Å². The van der Waals surface area contributed by atoms with Gasteiger partial charge in [-0.15, -0.1) is 0 Å². The second-order valence-electron chi connectivity index (χ2n) is 4.56. The van der Waals surface area contributed by atoms with Crippen molar-refractivity contribution in [3.05, 3.63) is 36.4 Å². The van der Waals surface area contributed by atoms with Gasteiger partial charge in [-0.3, -0.25) is 4.79 Å². The Morgan fingerprint density at radius 2 is 2.06 bits per heavy atom. The summed E-state index contributed by atoms with van der Waals surface area (Å²) in [5.74, 6) is 0.358. The molecule has 1 heterocycles. The highest BCUT2D eigenvalue weighted by Crippen LogP contribution is 2.30. The van der Waals surface area contributed by atoms with E-state index in [4.69, 9.17) is 0 Å². The van der Waals surface area contributed by atoms with E-state index in [1.807, 2.05) is 36.4 Å². The molecule has 1 amide bonds. The highest BCUT2D eigenvalue weighted by molar-refractivity contribution is 7.10. The van der Waals surface area contributed by atoms with Gasteiger partial charge in [0.25, 0.3) is 0 Å². The maximum Gasteiger partial charge on any atom is 0.228 e. The molecule has 92 valence electrons. The maximum absolute atomic E-state index is 11.8. The molecule has 2 aromatic rings. The number of nitrogens with one attached hydrogen (secondary N) is 1. The summed E-state index contributed by atoms with van der Waals surface area (Å²) >= 11 is 1.34. The van der Waals surface area contributed by atoms with Crippen molar-refractivity contribution in [1.29, 1.82) is 0 Å². The first-order valence-corrected chi connectivity index (χ1v) is 6.93. The lowest BCUT2D eigenvalue weighted by Gasteiger charge is -2.23. The largest absolute Gasteiger partial charge is 0.316 e. The molecule has 1 fully saturated rings. The first-order valence-electron chi connectivity index (χ1n) is 6.16. The molecule has 1 aromatic heterocycles. The number of anilines is 1. The average Bonchev–Trinajstić information content (AvgIpc) is 2.76. The van der Waals surface area contributed by atoms with Gasteiger partial charge >= 0.3 is 0 Å². The van der Waals surface area contributed by atoms with Crippen LogP contribution in [0.15, 0.2) is 36.4 Å². The topological polar surface area (TPSA) is 42.0 Å². The van der Waals surface area contributed by atoms with Gasteiger partial charge in [0.2, 0.25) is 5.91 Å². The van der Waals surface area contributed by atoms with Gasteiger partial charge in [0.15, 0.2) is 0 Å². The van der Waals surface area contributed by atoms with Gasteiger partial charge in [-0.2, -0.15) is 4.37 Å². The Bertz CT molecular complexity index is 546. The van der Waals surface area contributed by atoms with Crippen LogP contribution in [0.1, 0.15) is 19.3 Å². The normalized spacial score (nSPS) is 15.1. The summed E-state index contributed by atoms with van der Waals surface area (Å²) in [6, 6.07) is 11.9. The van der Waals surface area contributed by atoms with Crippen LogP contribution in [0.3, 0.4) is 0 Å². The quantitative estimate of drug-likeness (QED) is 0.914. The first kappa shape index (κ1) is 11.4. The van der Waals surface area contributed by atoms with E-state index in [-0.39, 0.29) is 11.8 Å². The Balaban J connectivity index is 1.71. The molecule has 1 aliphatic rings. The molecule has 4 heteroatoms. The molecule has 0 bridgehead atoms. The Morgan fingerprint density at radius 1 is 1.28 bits per heavy atom. The number of hydrogen-bond acceptors (Lipinski definition) is 3. The van der Waals surface area contributed by atoms with Crippen molar-refractivity contribution < 1.29 is 4.79 Å². The molecule has 0 unspecified atom stereocenters. The van der Waals surface area contributed by atoms with Crippen LogP contribution in [0.25, 0.3) is 11.3 Å². The molecule has 18 heavy (non-hydrogen) atoms. The summed E-state index contributed by atoms with van der Waals surface area (Å²) < 4.78 is 4.37. The second kappa shape index (κ2) is 4.90. The van der Waals surface area contributed by atoms with Crippen LogP contribution in [0, 0.1) is 5.92 Å². The molecule has 1 aromatic carbocycles. The zero-order valence-electron chi connectivity index (χ0n) is 9.93. The smallest absolute Gasteiger partial charge is 0.228 e. The fraction of sp³-hybridized carbons (Fsp3) is 0.286. The molecular formula is C14H14N2OS. The third-order valence-electron chi connectivity index (χ3n) is 3.30. The Morgan fingerprint density at radius 3 is 2.72 bits per heavy atom. The van der Waals surface area contributed by atoms with E-state index in [1.54, 1.807) is 0 Å². The van der Waals surface area contributed by atoms with Crippen LogP contribution in [-0.2, 0) is 4.79 Å². The van der Waals surface area contributed by atoms with Crippen molar-refractivity contribution in [2.75, 3.05) is 5.32 Å². The summed E-state index contributed by atoms with van der Waals surface area (Å²) in [5.41, 5.74) is 2.00. The average molecular weight is 258 g/mol. The lowest BCUT2D eigenvalue weighted by Crippen LogP contribution is -2.27. The summed E-state index contributed by atoms with van der Waals surface area (Å²) in [6.07, 6.45) is 3.22. The van der Waals surface area contributed by atoms with E-state index in [9.17, 15) is 4.79 Å². The van der Waals surface area contributed by atoms with Gasteiger partial charge in [-0.1, -0.05) is 36.8 Å². The molecule has 1 aliphatic carbocycles. The minimum atomic E-state index is 0.143. The number of hydrogen-bond donors (Lipinski definition) is 1. The monoisotopic (exact) mass is 258 g/mol. The van der Waals surface area contributed by atoms with Gasteiger partial charge in [0.05, 0.1) is 5.69 Å². The second-order valence-corrected chi connectivity index (χ2v) is 5.36. The van der Waals surface area contributed by atoms with Crippen molar-refractivity contribution in [1.82, 2.24) is 4.37 Å². The number of aromatic nitrogens is 1. The molecule has 0 radical (unpaired) electrons. The summed E-state index contributed by atoms with van der Waals surface area (Å²) in [6.45, 7) is 0. The van der Waals surface area contributed by atoms with E-state index in [0.717, 1.165) is 29.1 Å². The lowest BCUT2D eigenvalue weighted by atomic mass is 9.85. The summed E-state index contributed by atoms with van der Waals surface area (Å²) in [5, 5.41) is 3.79. The number of amides is 1. The minimum Gasteiger partial charge on any atom is -0.316 e. The molecule has 0 saturated heterocycles. The van der Waals surface area contributed by atoms with Gasteiger partial charge in [-0.05, 0) is 24.4 Å². The molecule has 3 nitrogen and oxygen atoms in total. The zero-order chi connectivity index (χ0) is 12.4. The van der Waals surface area contributed by atoms with Crippen molar-refractivity contribution >= 4 is 22.4 Å². The molecule has 0 aliphatic heterocycles. The molecular weight excluding hydrogens is 244 g/mol. The highest BCUT2D eigenvalue weighted by atomic mass is 32.1. The van der Waals surface area contributed by atoms with Crippen LogP contribution in [0.5, 0.6) is 0 Å². The zero-order valence-corrected chi connectivity index (χ0v) is 10.7. The van der Waals surface area contributed by atoms with E-state index in [1.165, 1.54) is 18.0 Å². The van der Waals surface area contributed by atoms with E-state index < -0.39 is 0 Å². The van der Waals surface area contributed by atoms with Crippen LogP contribution in [-0.4, -0.2) is 10.3 Å². The van der Waals surface area contributed by atoms with Gasteiger partial charge < -0.3 is 5.32 Å². The fourth-order valence-corrected chi connectivity index (χ4v) is 2.64. The van der Waals surface area contributed by atoms with E-state index >= 15 is 0 Å². The van der Waals surface area contributed by atoms with Gasteiger partial charge in [0, 0.05) is 17.5 Å². The standard InChI is InChI=1S/C14H14N2OS/c17-14(11-7-4-8-11)15-13-9-12(16-18-13)10-5-2-1-3-6-10/h1-3,5-6,9,11H,4,7-8H2,(H,15,17). The molecule has 3 rings (SSSR count). The fourth-order valence-electron chi connectivity index (χ4n) is 1.97. The van der Waals surface area contributed by atoms with Crippen LogP contribution in [0.4, 0.5) is 5.00 Å². The Kier molecular flexibility index (Phi) is 3.11. The molecule has 0 atom stereocenters. The van der Waals surface area contributed by atoms with Crippen molar-refractivity contribution in [2.24, 2.45) is 5.92 Å². The predicted octanol–water partition coefficient (Wildman–Crippen LogP) is 3.55. The van der Waals surface area contributed by atoms with E-state index in [0.29, 0.717) is 0 Å². The number of carbonyl (C=O) groups excluding carboxylic acids is 1. The summed E-state index contributed by atoms with van der Waals surface area (Å²) in [4.78, 5) is 11.8. The SMILES string of the molecule is O=C(Nc1cc(-c2ccccc2)ns1)C1CCC1. The maximum atomic E-state index is 11.8. The van der Waals surface area contributed by atoms with Crippen molar-refractivity contribution in [2.45, 2.75) is 19.3 Å². The van der Waals surface area contributed by atoms with Gasteiger partial charge in [0.1, 0.15) is 5.00 Å². The number of carbonyl (C=O) groups is 1. The summed E-state index contributed by atoms with van der Waals surface area (Å²) in [7, 11) is 0. The van der Waals surface area contributed by atoms with Crippen molar-refractivity contribution in [3.63, 3.8) is 0 Å². The van der Waals surface area contributed by atoms with E-state index in [2.05, 4.69) is 9.69 Å². The minimum absolute atomic E-state index is 0.143. The Labute approximate surface area is 110 Å². The lowest BCUT2D eigenvalue weighted by molar-refractivity contribution is -0.122. The van der Waals surface area contributed by atoms with Crippen LogP contribution < -0.4 is 5.32 Å². The Hall–Kier alpha value is -1.68. The third kappa shape index (κ3) is 2.29. The molecule has 1 saturated carbocycles. The van der Waals surface area contributed by atoms with Crippen LogP contribution >= 0.6 is 11.5 Å². The van der Waals surface area contributed by atoms with Gasteiger partial charge in [-0.25, -0.2) is 0 Å². The number of nitrogens with zero attached hydrogens (tertiary/aromatic N) is 1. The first-order chi connectivity index (χ1) is 8.83. The predicted molar refractivity (Wildman–Crippen MR) is 73.5 cm³/mol. The number of rotatable bonds is 3.